The number of anilines is 1. The first-order valence-electron chi connectivity index (χ1n) is 8.67. The zero-order chi connectivity index (χ0) is 17.8. The van der Waals surface area contributed by atoms with E-state index in [1.54, 1.807) is 0 Å². The monoisotopic (exact) mass is 357 g/mol. The van der Waals surface area contributed by atoms with Crippen molar-refractivity contribution >= 4 is 28.3 Å². The number of aromatic nitrogens is 1. The van der Waals surface area contributed by atoms with Crippen LogP contribution in [0.4, 0.5) is 5.13 Å². The van der Waals surface area contributed by atoms with Gasteiger partial charge in [-0.05, 0) is 19.3 Å². The van der Waals surface area contributed by atoms with Crippen LogP contribution < -0.4 is 10.4 Å². The van der Waals surface area contributed by atoms with Gasteiger partial charge in [-0.25, -0.2) is 4.98 Å². The maximum atomic E-state index is 12.6. The molecule has 5 nitrogen and oxygen atoms in total. The molecule has 1 heterocycles. The van der Waals surface area contributed by atoms with Crippen LogP contribution in [0.3, 0.4) is 0 Å². The molecule has 1 aliphatic carbocycles. The lowest BCUT2D eigenvalue weighted by Gasteiger charge is -2.30. The van der Waals surface area contributed by atoms with E-state index < -0.39 is 17.8 Å². The summed E-state index contributed by atoms with van der Waals surface area (Å²) < 4.78 is 0. The molecule has 1 amide bonds. The van der Waals surface area contributed by atoms with Gasteiger partial charge in [0.15, 0.2) is 5.13 Å². The van der Waals surface area contributed by atoms with E-state index in [1.807, 2.05) is 30.3 Å². The number of carboxylic acids is 1. The van der Waals surface area contributed by atoms with Crippen molar-refractivity contribution in [2.75, 3.05) is 5.32 Å². The number of carbonyl (C=O) groups is 2. The van der Waals surface area contributed by atoms with E-state index in [9.17, 15) is 14.7 Å². The first-order chi connectivity index (χ1) is 12.1. The third kappa shape index (κ3) is 3.90. The van der Waals surface area contributed by atoms with E-state index in [0.717, 1.165) is 35.4 Å². The molecule has 132 valence electrons. The topological polar surface area (TPSA) is 82.1 Å². The molecular weight excluding hydrogens is 336 g/mol. The Balaban J connectivity index is 1.80. The fourth-order valence-electron chi connectivity index (χ4n) is 3.39. The van der Waals surface area contributed by atoms with Gasteiger partial charge in [-0.2, -0.15) is 0 Å². The Morgan fingerprint density at radius 1 is 1.20 bits per heavy atom. The van der Waals surface area contributed by atoms with Gasteiger partial charge in [0.25, 0.3) is 0 Å². The Labute approximate surface area is 151 Å². The van der Waals surface area contributed by atoms with Gasteiger partial charge in [0.2, 0.25) is 5.91 Å². The first-order valence-corrected chi connectivity index (χ1v) is 9.48. The van der Waals surface area contributed by atoms with Crippen LogP contribution in [0, 0.1) is 11.8 Å². The number of hydrogen-bond donors (Lipinski definition) is 1. The predicted molar refractivity (Wildman–Crippen MR) is 96.0 cm³/mol. The molecule has 1 saturated carbocycles. The maximum Gasteiger partial charge on any atom is 0.229 e. The molecule has 0 bridgehead atoms. The fraction of sp³-hybridized carbons (Fsp3) is 0.421. The van der Waals surface area contributed by atoms with Crippen LogP contribution in [0.15, 0.2) is 30.3 Å². The van der Waals surface area contributed by atoms with Gasteiger partial charge in [0.05, 0.1) is 5.69 Å². The number of nitrogens with one attached hydrogen (secondary N) is 1. The molecule has 6 heteroatoms. The highest BCUT2D eigenvalue weighted by molar-refractivity contribution is 7.16. The minimum Gasteiger partial charge on any atom is -0.550 e. The van der Waals surface area contributed by atoms with Crippen LogP contribution in [0.25, 0.3) is 11.3 Å². The third-order valence-corrected chi connectivity index (χ3v) is 5.82. The van der Waals surface area contributed by atoms with Gasteiger partial charge in [-0.15, -0.1) is 11.3 Å². The number of thiazole rings is 1. The molecule has 1 aromatic carbocycles. The second-order valence-electron chi connectivity index (χ2n) is 6.32. The lowest BCUT2D eigenvalue weighted by molar-refractivity contribution is -0.313. The molecule has 1 fully saturated rings. The molecule has 25 heavy (non-hydrogen) atoms. The van der Waals surface area contributed by atoms with Gasteiger partial charge in [-0.1, -0.05) is 50.1 Å². The Hall–Kier alpha value is -2.21. The Morgan fingerprint density at radius 3 is 2.52 bits per heavy atom. The van der Waals surface area contributed by atoms with Gasteiger partial charge in [0, 0.05) is 28.2 Å². The Kier molecular flexibility index (Phi) is 5.48. The average Bonchev–Trinajstić information content (AvgIpc) is 3.05. The molecule has 1 N–H and O–H groups in total. The number of carboxylic acid groups (broad SMARTS) is 1. The quantitative estimate of drug-likeness (QED) is 0.892. The molecule has 3 rings (SSSR count). The van der Waals surface area contributed by atoms with Crippen LogP contribution in [0.1, 0.15) is 37.5 Å². The number of hydrogen-bond acceptors (Lipinski definition) is 5. The molecule has 1 aromatic heterocycles. The molecule has 2 aromatic rings. The van der Waals surface area contributed by atoms with Crippen LogP contribution in [0.2, 0.25) is 0 Å². The largest absolute Gasteiger partial charge is 0.550 e. The minimum absolute atomic E-state index is 0.259. The van der Waals surface area contributed by atoms with E-state index in [1.165, 1.54) is 11.3 Å². The summed E-state index contributed by atoms with van der Waals surface area (Å²) in [6, 6.07) is 9.85. The summed E-state index contributed by atoms with van der Waals surface area (Å²) in [6.45, 7) is 2.05. The second kappa shape index (κ2) is 7.78. The van der Waals surface area contributed by atoms with Gasteiger partial charge in [0.1, 0.15) is 0 Å². The number of aryl methyl sites for hydroxylation is 1. The summed E-state index contributed by atoms with van der Waals surface area (Å²) in [7, 11) is 0. The molecule has 1 aliphatic rings. The van der Waals surface area contributed by atoms with Crippen molar-refractivity contribution in [1.29, 1.82) is 0 Å². The molecule has 2 atom stereocenters. The summed E-state index contributed by atoms with van der Waals surface area (Å²) in [5.41, 5.74) is 1.89. The Morgan fingerprint density at radius 2 is 1.88 bits per heavy atom. The number of carbonyl (C=O) groups excluding carboxylic acids is 2. The van der Waals surface area contributed by atoms with Crippen molar-refractivity contribution in [3.05, 3.63) is 35.2 Å². The van der Waals surface area contributed by atoms with E-state index in [-0.39, 0.29) is 5.91 Å². The summed E-state index contributed by atoms with van der Waals surface area (Å²) in [4.78, 5) is 29.6. The number of benzene rings is 1. The summed E-state index contributed by atoms with van der Waals surface area (Å²) in [5, 5.41) is 14.7. The maximum absolute atomic E-state index is 12.6. The van der Waals surface area contributed by atoms with E-state index in [4.69, 9.17) is 0 Å². The van der Waals surface area contributed by atoms with Crippen molar-refractivity contribution in [2.24, 2.45) is 11.8 Å². The number of rotatable bonds is 5. The number of nitrogens with zero attached hydrogens (tertiary/aromatic N) is 1. The Bertz CT molecular complexity index is 757. The van der Waals surface area contributed by atoms with Gasteiger partial charge < -0.3 is 15.2 Å². The molecule has 0 unspecified atom stereocenters. The van der Waals surface area contributed by atoms with Crippen LogP contribution in [0.5, 0.6) is 0 Å². The molecule has 0 radical (unpaired) electrons. The highest BCUT2D eigenvalue weighted by Crippen LogP contribution is 2.34. The molecular formula is C19H21N2O3S-. The molecule has 0 spiro atoms. The predicted octanol–water partition coefficient (Wildman–Crippen LogP) is 2.87. The third-order valence-electron chi connectivity index (χ3n) is 4.70. The summed E-state index contributed by atoms with van der Waals surface area (Å²) in [5.74, 6) is -2.62. The second-order valence-corrected chi connectivity index (χ2v) is 7.40. The van der Waals surface area contributed by atoms with Crippen molar-refractivity contribution < 1.29 is 14.7 Å². The number of aliphatic carboxylic acids is 1. The average molecular weight is 357 g/mol. The van der Waals surface area contributed by atoms with Crippen molar-refractivity contribution in [1.82, 2.24) is 4.98 Å². The zero-order valence-corrected chi connectivity index (χ0v) is 15.0. The van der Waals surface area contributed by atoms with E-state index >= 15 is 0 Å². The van der Waals surface area contributed by atoms with Gasteiger partial charge >= 0.3 is 0 Å². The minimum atomic E-state index is -1.13. The lowest BCUT2D eigenvalue weighted by Crippen LogP contribution is -2.42. The SMILES string of the molecule is CCc1sc(NC(=O)[C@H]2CCCC[C@@H]2C(=O)[O-])nc1-c1ccccc1. The zero-order valence-electron chi connectivity index (χ0n) is 14.2. The number of amides is 1. The smallest absolute Gasteiger partial charge is 0.229 e. The molecule has 0 saturated heterocycles. The normalized spacial score (nSPS) is 20.2. The highest BCUT2D eigenvalue weighted by Gasteiger charge is 2.32. The van der Waals surface area contributed by atoms with Crippen LogP contribution in [-0.4, -0.2) is 16.9 Å². The summed E-state index contributed by atoms with van der Waals surface area (Å²) in [6.07, 6.45) is 3.62. The van der Waals surface area contributed by atoms with E-state index in [2.05, 4.69) is 17.2 Å². The van der Waals surface area contributed by atoms with E-state index in [0.29, 0.717) is 18.0 Å². The van der Waals surface area contributed by atoms with Gasteiger partial charge in [-0.3, -0.25) is 4.79 Å². The fourth-order valence-corrected chi connectivity index (χ4v) is 4.32. The van der Waals surface area contributed by atoms with Crippen LogP contribution >= 0.6 is 11.3 Å². The van der Waals surface area contributed by atoms with Crippen molar-refractivity contribution in [3.63, 3.8) is 0 Å². The lowest BCUT2D eigenvalue weighted by atomic mass is 9.79. The van der Waals surface area contributed by atoms with Crippen molar-refractivity contribution in [3.8, 4) is 11.3 Å². The standard InChI is InChI=1S/C19H22N2O3S/c1-2-15-16(12-8-4-3-5-9-12)20-19(25-15)21-17(22)13-10-6-7-11-14(13)18(23)24/h3-5,8-9,13-14H,2,6-7,10-11H2,1H3,(H,23,24)(H,20,21,22)/p-1/t13-,14-/m0/s1. The van der Waals surface area contributed by atoms with Crippen LogP contribution in [-0.2, 0) is 16.0 Å². The highest BCUT2D eigenvalue weighted by atomic mass is 32.1. The van der Waals surface area contributed by atoms with Crippen molar-refractivity contribution in [2.45, 2.75) is 39.0 Å². The molecule has 0 aliphatic heterocycles. The summed E-state index contributed by atoms with van der Waals surface area (Å²) >= 11 is 1.45. The first kappa shape index (κ1) is 17.6.